The van der Waals surface area contributed by atoms with Crippen molar-refractivity contribution in [3.8, 4) is 5.75 Å². The first-order valence-electron chi connectivity index (χ1n) is 9.60. The van der Waals surface area contributed by atoms with Crippen LogP contribution >= 0.6 is 11.6 Å². The smallest absolute Gasteiger partial charge is 0.248 e. The van der Waals surface area contributed by atoms with E-state index in [0.29, 0.717) is 16.7 Å². The van der Waals surface area contributed by atoms with Gasteiger partial charge in [-0.1, -0.05) is 34.9 Å². The third-order valence-corrected chi connectivity index (χ3v) is 5.70. The summed E-state index contributed by atoms with van der Waals surface area (Å²) in [6, 6.07) is 15.2. The normalized spacial score (nSPS) is 19.0. The van der Waals surface area contributed by atoms with Crippen LogP contribution < -0.4 is 10.1 Å². The summed E-state index contributed by atoms with van der Waals surface area (Å²) in [7, 11) is 0. The summed E-state index contributed by atoms with van der Waals surface area (Å²) >= 11 is 6.31. The summed E-state index contributed by atoms with van der Waals surface area (Å²) in [5.41, 5.74) is 4.21. The Hall–Kier alpha value is -3.78. The summed E-state index contributed by atoms with van der Waals surface area (Å²) in [6.45, 7) is 0. The highest BCUT2D eigenvalue weighted by Gasteiger charge is 2.41. The predicted molar refractivity (Wildman–Crippen MR) is 112 cm³/mol. The van der Waals surface area contributed by atoms with Crippen LogP contribution in [0.15, 0.2) is 72.6 Å². The number of nitrogens with one attached hydrogen (secondary N) is 1. The fourth-order valence-corrected chi connectivity index (χ4v) is 4.31. The molecule has 2 aliphatic heterocycles. The van der Waals surface area contributed by atoms with Crippen LogP contribution in [0.25, 0.3) is 5.70 Å². The molecule has 7 nitrogen and oxygen atoms in total. The molecule has 2 aromatic carbocycles. The average molecular weight is 433 g/mol. The van der Waals surface area contributed by atoms with E-state index < -0.39 is 6.10 Å². The number of fused-ring (bicyclic) bond motifs is 3. The Bertz CT molecular complexity index is 1320. The first kappa shape index (κ1) is 18.0. The van der Waals surface area contributed by atoms with Gasteiger partial charge < -0.3 is 10.1 Å². The van der Waals surface area contributed by atoms with Gasteiger partial charge in [-0.3, -0.25) is 4.98 Å². The molecule has 0 spiro atoms. The van der Waals surface area contributed by atoms with Gasteiger partial charge in [0, 0.05) is 28.6 Å². The Morgan fingerprint density at radius 2 is 1.94 bits per heavy atom. The van der Waals surface area contributed by atoms with E-state index in [0.717, 1.165) is 28.0 Å². The van der Waals surface area contributed by atoms with Crippen molar-refractivity contribution in [1.29, 1.82) is 0 Å². The molecule has 1 N–H and O–H groups in total. The monoisotopic (exact) mass is 432 g/mol. The van der Waals surface area contributed by atoms with Crippen LogP contribution in [0.1, 0.15) is 28.8 Å². The molecule has 0 fully saturated rings. The summed E-state index contributed by atoms with van der Waals surface area (Å²) in [5, 5.41) is 16.1. The van der Waals surface area contributed by atoms with Crippen LogP contribution in [0, 0.1) is 5.82 Å². The number of tetrazole rings is 1. The van der Waals surface area contributed by atoms with Gasteiger partial charge in [0.1, 0.15) is 23.7 Å². The van der Waals surface area contributed by atoms with Gasteiger partial charge in [0.15, 0.2) is 0 Å². The summed E-state index contributed by atoms with van der Waals surface area (Å²) in [5.74, 6) is 0.850. The van der Waals surface area contributed by atoms with Crippen LogP contribution in [0.2, 0.25) is 5.02 Å². The zero-order valence-electron chi connectivity index (χ0n) is 15.9. The van der Waals surface area contributed by atoms with Crippen LogP contribution in [0.4, 0.5) is 10.3 Å². The molecule has 0 saturated carbocycles. The van der Waals surface area contributed by atoms with Gasteiger partial charge in [0.25, 0.3) is 0 Å². The molecule has 2 aliphatic rings. The highest BCUT2D eigenvalue weighted by Crippen LogP contribution is 2.50. The van der Waals surface area contributed by atoms with Crippen molar-refractivity contribution >= 4 is 23.2 Å². The number of anilines is 1. The molecule has 4 aromatic rings. The van der Waals surface area contributed by atoms with Crippen LogP contribution in [-0.4, -0.2) is 25.2 Å². The van der Waals surface area contributed by atoms with Gasteiger partial charge in [0.05, 0.1) is 5.70 Å². The number of benzene rings is 2. The molecule has 4 heterocycles. The fraction of sp³-hybridized carbons (Fsp3) is 0.0909. The molecule has 0 aliphatic carbocycles. The zero-order valence-corrected chi connectivity index (χ0v) is 16.7. The molecule has 6 rings (SSSR count). The third-order valence-electron chi connectivity index (χ3n) is 5.47. The van der Waals surface area contributed by atoms with E-state index in [4.69, 9.17) is 16.3 Å². The molecule has 9 heteroatoms. The summed E-state index contributed by atoms with van der Waals surface area (Å²) in [4.78, 5) is 4.29. The number of halogens is 2. The molecule has 0 amide bonds. The quantitative estimate of drug-likeness (QED) is 0.505. The molecular weight excluding hydrogens is 419 g/mol. The lowest BCUT2D eigenvalue weighted by molar-refractivity contribution is 0.222. The Balaban J connectivity index is 1.64. The Morgan fingerprint density at radius 1 is 1.06 bits per heavy atom. The highest BCUT2D eigenvalue weighted by molar-refractivity contribution is 6.30. The number of rotatable bonds is 2. The maximum Gasteiger partial charge on any atom is 0.248 e. The van der Waals surface area contributed by atoms with Crippen molar-refractivity contribution in [2.24, 2.45) is 0 Å². The minimum absolute atomic E-state index is 0.311. The second-order valence-corrected chi connectivity index (χ2v) is 7.72. The molecule has 31 heavy (non-hydrogen) atoms. The second-order valence-electron chi connectivity index (χ2n) is 7.28. The molecule has 0 saturated heterocycles. The predicted octanol–water partition coefficient (Wildman–Crippen LogP) is 4.42. The average Bonchev–Trinajstić information content (AvgIpc) is 3.27. The highest BCUT2D eigenvalue weighted by atomic mass is 35.5. The Morgan fingerprint density at radius 3 is 2.74 bits per heavy atom. The zero-order chi connectivity index (χ0) is 20.9. The minimum Gasteiger partial charge on any atom is -0.480 e. The van der Waals surface area contributed by atoms with Crippen LogP contribution in [-0.2, 0) is 0 Å². The lowest BCUT2D eigenvalue weighted by atomic mass is 9.85. The number of pyridine rings is 1. The van der Waals surface area contributed by atoms with E-state index in [9.17, 15) is 4.39 Å². The van der Waals surface area contributed by atoms with Crippen LogP contribution in [0.3, 0.4) is 0 Å². The van der Waals surface area contributed by atoms with Gasteiger partial charge in [0.2, 0.25) is 5.95 Å². The number of nitrogens with zero attached hydrogens (tertiary/aromatic N) is 5. The minimum atomic E-state index is -0.501. The van der Waals surface area contributed by atoms with Gasteiger partial charge in [-0.25, -0.2) is 4.39 Å². The molecular formula is C22H14ClFN6O. The van der Waals surface area contributed by atoms with Gasteiger partial charge in [-0.05, 0) is 58.0 Å². The second kappa shape index (κ2) is 6.88. The molecule has 2 aromatic heterocycles. The van der Waals surface area contributed by atoms with Crippen molar-refractivity contribution in [1.82, 2.24) is 25.2 Å². The van der Waals surface area contributed by atoms with Crippen molar-refractivity contribution < 1.29 is 9.13 Å². The molecule has 0 unspecified atom stereocenters. The topological polar surface area (TPSA) is 77.8 Å². The third kappa shape index (κ3) is 2.87. The number of aromatic nitrogens is 5. The van der Waals surface area contributed by atoms with E-state index in [2.05, 4.69) is 25.8 Å². The van der Waals surface area contributed by atoms with E-state index in [-0.39, 0.29) is 11.9 Å². The van der Waals surface area contributed by atoms with Crippen molar-refractivity contribution in [2.45, 2.75) is 12.1 Å². The molecule has 152 valence electrons. The fourth-order valence-electron chi connectivity index (χ4n) is 4.13. The number of ether oxygens (including phenoxy) is 1. The van der Waals surface area contributed by atoms with E-state index in [1.165, 1.54) is 12.1 Å². The van der Waals surface area contributed by atoms with E-state index in [1.54, 1.807) is 35.3 Å². The molecule has 0 bridgehead atoms. The van der Waals surface area contributed by atoms with Crippen LogP contribution in [0.5, 0.6) is 5.75 Å². The van der Waals surface area contributed by atoms with Gasteiger partial charge >= 0.3 is 0 Å². The maximum absolute atomic E-state index is 13.6. The maximum atomic E-state index is 13.6. The first-order chi connectivity index (χ1) is 15.2. The lowest BCUT2D eigenvalue weighted by Gasteiger charge is -2.38. The van der Waals surface area contributed by atoms with Gasteiger partial charge in [-0.2, -0.15) is 4.68 Å². The van der Waals surface area contributed by atoms with E-state index >= 15 is 0 Å². The van der Waals surface area contributed by atoms with E-state index in [1.807, 2.05) is 24.3 Å². The SMILES string of the molecule is Fc1ccc([C@@H]2Oc3ccc(Cl)cc3C3=C2[C@H](c2cccnc2)n2nnnc2N3)cc1. The first-order valence-corrected chi connectivity index (χ1v) is 9.98. The van der Waals surface area contributed by atoms with Gasteiger partial charge in [-0.15, -0.1) is 0 Å². The largest absolute Gasteiger partial charge is 0.480 e. The molecule has 2 atom stereocenters. The van der Waals surface area contributed by atoms with Crippen molar-refractivity contribution in [3.63, 3.8) is 0 Å². The lowest BCUT2D eigenvalue weighted by Crippen LogP contribution is -2.32. The summed E-state index contributed by atoms with van der Waals surface area (Å²) in [6.07, 6.45) is 2.99. The summed E-state index contributed by atoms with van der Waals surface area (Å²) < 4.78 is 21.8. The van der Waals surface area contributed by atoms with Crippen molar-refractivity contribution in [2.75, 3.05) is 5.32 Å². The standard InChI is InChI=1S/C22H14ClFN6O/c23-14-5-8-17-16(10-14)19-18(21(31-17)12-3-6-15(24)7-4-12)20(13-2-1-9-25-11-13)30-22(26-19)27-28-29-30/h1-11,20-21H,(H,26,27,29)/t20-,21-/m0/s1. The Labute approximate surface area is 181 Å². The Kier molecular flexibility index (Phi) is 4.00. The number of hydrogen-bond donors (Lipinski definition) is 1. The number of hydrogen-bond acceptors (Lipinski definition) is 6. The molecule has 0 radical (unpaired) electrons. The van der Waals surface area contributed by atoms with Crippen molar-refractivity contribution in [3.05, 3.63) is 100 Å².